The number of aliphatic imine (C=N–C) groups is 1. The molecule has 0 saturated carbocycles. The Morgan fingerprint density at radius 3 is 2.64 bits per heavy atom. The maximum absolute atomic E-state index is 5.44. The van der Waals surface area contributed by atoms with Crippen LogP contribution in [-0.2, 0) is 17.7 Å². The van der Waals surface area contributed by atoms with Crippen molar-refractivity contribution in [3.63, 3.8) is 0 Å². The van der Waals surface area contributed by atoms with Crippen molar-refractivity contribution < 1.29 is 9.15 Å². The molecular formula is C24H33IN6O2. The summed E-state index contributed by atoms with van der Waals surface area (Å²) in [7, 11) is 0. The molecular weight excluding hydrogens is 531 g/mol. The molecule has 0 atom stereocenters. The van der Waals surface area contributed by atoms with Gasteiger partial charge in [0.05, 0.1) is 37.4 Å². The molecule has 8 nitrogen and oxygen atoms in total. The predicted octanol–water partition coefficient (Wildman–Crippen LogP) is 3.00. The Bertz CT molecular complexity index is 983. The molecule has 0 bridgehead atoms. The molecule has 33 heavy (non-hydrogen) atoms. The first-order chi connectivity index (χ1) is 15.8. The van der Waals surface area contributed by atoms with Gasteiger partial charge < -0.3 is 19.8 Å². The minimum absolute atomic E-state index is 0. The third kappa shape index (κ3) is 7.86. The molecule has 1 saturated heterocycles. The summed E-state index contributed by atoms with van der Waals surface area (Å²) in [5, 5.41) is 11.5. The second-order valence-electron chi connectivity index (χ2n) is 7.83. The van der Waals surface area contributed by atoms with Crippen molar-refractivity contribution in [2.45, 2.75) is 19.9 Å². The average Bonchev–Trinajstić information content (AvgIpc) is 3.50. The number of halogens is 1. The standard InChI is InChI=1S/C24H32N6O2.HI/c1-20-9-12-30(28-20)23-7-3-2-5-21(23)19-27-24(25-10-8-22-6-4-16-32-22)26-11-13-29-14-17-31-18-15-29;/h2-7,9,12,16H,8,10-11,13-15,17-19H2,1H3,(H2,25,26,27);1H. The van der Waals surface area contributed by atoms with Gasteiger partial charge in [0.1, 0.15) is 5.76 Å². The van der Waals surface area contributed by atoms with Gasteiger partial charge in [-0.05, 0) is 36.8 Å². The first kappa shape index (κ1) is 25.3. The lowest BCUT2D eigenvalue weighted by Gasteiger charge is -2.26. The normalized spacial score (nSPS) is 14.6. The lowest BCUT2D eigenvalue weighted by atomic mass is 10.2. The quantitative estimate of drug-likeness (QED) is 0.237. The number of para-hydroxylation sites is 1. The van der Waals surface area contributed by atoms with Crippen molar-refractivity contribution in [1.82, 2.24) is 25.3 Å². The number of morpholine rings is 1. The van der Waals surface area contributed by atoms with Gasteiger partial charge in [-0.15, -0.1) is 24.0 Å². The van der Waals surface area contributed by atoms with Crippen LogP contribution in [0.25, 0.3) is 5.69 Å². The third-order valence-corrected chi connectivity index (χ3v) is 5.44. The van der Waals surface area contributed by atoms with Crippen LogP contribution in [-0.4, -0.2) is 66.6 Å². The molecule has 1 fully saturated rings. The number of guanidine groups is 1. The highest BCUT2D eigenvalue weighted by atomic mass is 127. The van der Waals surface area contributed by atoms with Crippen LogP contribution in [0.3, 0.4) is 0 Å². The molecule has 178 valence electrons. The number of rotatable bonds is 9. The Labute approximate surface area is 212 Å². The van der Waals surface area contributed by atoms with E-state index in [0.717, 1.165) is 81.0 Å². The molecule has 1 aromatic carbocycles. The minimum atomic E-state index is 0. The summed E-state index contributed by atoms with van der Waals surface area (Å²) in [5.74, 6) is 1.76. The summed E-state index contributed by atoms with van der Waals surface area (Å²) in [5.41, 5.74) is 3.16. The second-order valence-corrected chi connectivity index (χ2v) is 7.83. The third-order valence-electron chi connectivity index (χ3n) is 5.44. The van der Waals surface area contributed by atoms with E-state index in [0.29, 0.717) is 6.54 Å². The van der Waals surface area contributed by atoms with Crippen LogP contribution in [0.1, 0.15) is 17.0 Å². The monoisotopic (exact) mass is 564 g/mol. The highest BCUT2D eigenvalue weighted by molar-refractivity contribution is 14.0. The number of furan rings is 1. The van der Waals surface area contributed by atoms with Crippen LogP contribution in [0.5, 0.6) is 0 Å². The number of aromatic nitrogens is 2. The molecule has 0 aliphatic carbocycles. The van der Waals surface area contributed by atoms with Crippen LogP contribution < -0.4 is 10.6 Å². The zero-order valence-electron chi connectivity index (χ0n) is 19.1. The number of ether oxygens (including phenoxy) is 1. The van der Waals surface area contributed by atoms with Gasteiger partial charge in [0, 0.05) is 45.3 Å². The molecule has 2 aromatic heterocycles. The number of hydrogen-bond donors (Lipinski definition) is 2. The van der Waals surface area contributed by atoms with Gasteiger partial charge in [0.2, 0.25) is 0 Å². The maximum atomic E-state index is 5.44. The zero-order chi connectivity index (χ0) is 22.0. The first-order valence-electron chi connectivity index (χ1n) is 11.2. The molecule has 0 amide bonds. The summed E-state index contributed by atoms with van der Waals surface area (Å²) < 4.78 is 12.8. The number of aryl methyl sites for hydroxylation is 1. The van der Waals surface area contributed by atoms with Crippen molar-refractivity contribution in [2.24, 2.45) is 4.99 Å². The molecule has 0 unspecified atom stereocenters. The molecule has 1 aliphatic rings. The van der Waals surface area contributed by atoms with E-state index in [1.807, 2.05) is 48.1 Å². The van der Waals surface area contributed by atoms with Crippen molar-refractivity contribution in [3.05, 3.63) is 71.9 Å². The predicted molar refractivity (Wildman–Crippen MR) is 141 cm³/mol. The van der Waals surface area contributed by atoms with Crippen molar-refractivity contribution in [2.75, 3.05) is 45.9 Å². The lowest BCUT2D eigenvalue weighted by Crippen LogP contribution is -2.44. The second kappa shape index (κ2) is 13.4. The Morgan fingerprint density at radius 1 is 1.06 bits per heavy atom. The van der Waals surface area contributed by atoms with Gasteiger partial charge in [-0.25, -0.2) is 9.67 Å². The van der Waals surface area contributed by atoms with Crippen molar-refractivity contribution >= 4 is 29.9 Å². The zero-order valence-corrected chi connectivity index (χ0v) is 21.4. The summed E-state index contributed by atoms with van der Waals surface area (Å²) >= 11 is 0. The van der Waals surface area contributed by atoms with E-state index in [1.165, 1.54) is 0 Å². The van der Waals surface area contributed by atoms with Crippen LogP contribution in [0.15, 0.2) is 64.3 Å². The Hall–Kier alpha value is -2.37. The summed E-state index contributed by atoms with van der Waals surface area (Å²) in [6, 6.07) is 14.2. The molecule has 0 radical (unpaired) electrons. The van der Waals surface area contributed by atoms with E-state index in [-0.39, 0.29) is 24.0 Å². The van der Waals surface area contributed by atoms with E-state index < -0.39 is 0 Å². The summed E-state index contributed by atoms with van der Waals surface area (Å²) in [6.45, 7) is 8.68. The van der Waals surface area contributed by atoms with Gasteiger partial charge in [-0.3, -0.25) is 4.90 Å². The number of nitrogens with one attached hydrogen (secondary N) is 2. The molecule has 4 rings (SSSR count). The van der Waals surface area contributed by atoms with Gasteiger partial charge in [-0.2, -0.15) is 5.10 Å². The molecule has 3 aromatic rings. The van der Waals surface area contributed by atoms with Crippen LogP contribution >= 0.6 is 24.0 Å². The van der Waals surface area contributed by atoms with E-state index in [1.54, 1.807) is 6.26 Å². The highest BCUT2D eigenvalue weighted by Crippen LogP contribution is 2.15. The van der Waals surface area contributed by atoms with Crippen molar-refractivity contribution in [1.29, 1.82) is 0 Å². The van der Waals surface area contributed by atoms with Gasteiger partial charge >= 0.3 is 0 Å². The van der Waals surface area contributed by atoms with Crippen LogP contribution in [0.4, 0.5) is 0 Å². The fourth-order valence-electron chi connectivity index (χ4n) is 3.67. The molecule has 1 aliphatic heterocycles. The van der Waals surface area contributed by atoms with Crippen LogP contribution in [0.2, 0.25) is 0 Å². The molecule has 9 heteroatoms. The topological polar surface area (TPSA) is 79.9 Å². The molecule has 0 spiro atoms. The lowest BCUT2D eigenvalue weighted by molar-refractivity contribution is 0.0389. The van der Waals surface area contributed by atoms with Gasteiger partial charge in [0.15, 0.2) is 5.96 Å². The first-order valence-corrected chi connectivity index (χ1v) is 11.2. The Morgan fingerprint density at radius 2 is 1.88 bits per heavy atom. The maximum Gasteiger partial charge on any atom is 0.191 e. The molecule has 2 N–H and O–H groups in total. The minimum Gasteiger partial charge on any atom is -0.469 e. The highest BCUT2D eigenvalue weighted by Gasteiger charge is 2.10. The van der Waals surface area contributed by atoms with E-state index >= 15 is 0 Å². The van der Waals surface area contributed by atoms with Crippen LogP contribution in [0, 0.1) is 6.92 Å². The Kier molecular flexibility index (Phi) is 10.2. The fraction of sp³-hybridized carbons (Fsp3) is 0.417. The summed E-state index contributed by atoms with van der Waals surface area (Å²) in [6.07, 6.45) is 4.50. The van der Waals surface area contributed by atoms with E-state index in [2.05, 4.69) is 32.8 Å². The largest absolute Gasteiger partial charge is 0.469 e. The van der Waals surface area contributed by atoms with Gasteiger partial charge in [0.25, 0.3) is 0 Å². The number of hydrogen-bond acceptors (Lipinski definition) is 5. The average molecular weight is 564 g/mol. The van der Waals surface area contributed by atoms with E-state index in [4.69, 9.17) is 14.1 Å². The molecule has 3 heterocycles. The number of benzene rings is 1. The van der Waals surface area contributed by atoms with E-state index in [9.17, 15) is 0 Å². The fourth-order valence-corrected chi connectivity index (χ4v) is 3.67. The van der Waals surface area contributed by atoms with Gasteiger partial charge in [-0.1, -0.05) is 18.2 Å². The summed E-state index contributed by atoms with van der Waals surface area (Å²) in [4.78, 5) is 7.28. The Balaban J connectivity index is 0.00000306. The smallest absolute Gasteiger partial charge is 0.191 e. The SMILES string of the molecule is Cc1ccn(-c2ccccc2CN=C(NCCc2ccco2)NCCN2CCOCC2)n1.I. The number of nitrogens with zero attached hydrogens (tertiary/aromatic N) is 4. The van der Waals surface area contributed by atoms with Crippen molar-refractivity contribution in [3.8, 4) is 5.69 Å².